The van der Waals surface area contributed by atoms with Crippen LogP contribution in [-0.2, 0) is 24.8 Å². The van der Waals surface area contributed by atoms with Crippen LogP contribution in [0, 0.1) is 0 Å². The first-order chi connectivity index (χ1) is 11.1. The lowest BCUT2D eigenvalue weighted by molar-refractivity contribution is -0.129. The number of rotatable bonds is 5. The minimum Gasteiger partial charge on any atom is -0.444 e. The Balaban J connectivity index is 1.63. The van der Waals surface area contributed by atoms with Crippen molar-refractivity contribution in [3.8, 4) is 11.5 Å². The van der Waals surface area contributed by atoms with E-state index in [1.54, 1.807) is 22.8 Å². The summed E-state index contributed by atoms with van der Waals surface area (Å²) in [6.45, 7) is 0.524. The minimum atomic E-state index is -0.0123. The van der Waals surface area contributed by atoms with Crippen LogP contribution < -0.4 is 0 Å². The molecule has 0 spiro atoms. The van der Waals surface area contributed by atoms with Crippen molar-refractivity contribution in [1.82, 2.24) is 19.7 Å². The highest BCUT2D eigenvalue weighted by atomic mass is 16.3. The van der Waals surface area contributed by atoms with Gasteiger partial charge < -0.3 is 9.32 Å². The average molecular weight is 310 g/mol. The molecule has 6 nitrogen and oxygen atoms in total. The maximum absolute atomic E-state index is 12.3. The van der Waals surface area contributed by atoms with E-state index < -0.39 is 0 Å². The van der Waals surface area contributed by atoms with Gasteiger partial charge in [-0.1, -0.05) is 18.2 Å². The van der Waals surface area contributed by atoms with Crippen LogP contribution in [0.1, 0.15) is 11.3 Å². The Labute approximate surface area is 134 Å². The quantitative estimate of drug-likeness (QED) is 0.725. The van der Waals surface area contributed by atoms with Crippen molar-refractivity contribution in [3.05, 3.63) is 60.2 Å². The van der Waals surface area contributed by atoms with Gasteiger partial charge in [-0.2, -0.15) is 5.10 Å². The number of nitrogens with zero attached hydrogens (tertiary/aromatic N) is 4. The molecule has 0 radical (unpaired) electrons. The van der Waals surface area contributed by atoms with Gasteiger partial charge >= 0.3 is 0 Å². The Morgan fingerprint density at radius 2 is 2.09 bits per heavy atom. The van der Waals surface area contributed by atoms with Crippen molar-refractivity contribution in [1.29, 1.82) is 0 Å². The van der Waals surface area contributed by atoms with E-state index in [-0.39, 0.29) is 12.3 Å². The van der Waals surface area contributed by atoms with Crippen LogP contribution in [0.15, 0.2) is 53.4 Å². The molecule has 3 aromatic rings. The molecule has 0 unspecified atom stereocenters. The fourth-order valence-corrected chi connectivity index (χ4v) is 2.31. The number of hydrogen-bond acceptors (Lipinski definition) is 4. The van der Waals surface area contributed by atoms with Crippen LogP contribution in [0.5, 0.6) is 0 Å². The summed E-state index contributed by atoms with van der Waals surface area (Å²) >= 11 is 0. The third kappa shape index (κ3) is 3.66. The van der Waals surface area contributed by atoms with E-state index in [0.29, 0.717) is 18.1 Å². The van der Waals surface area contributed by atoms with Gasteiger partial charge in [0.25, 0.3) is 0 Å². The fourth-order valence-electron chi connectivity index (χ4n) is 2.31. The third-order valence-corrected chi connectivity index (χ3v) is 3.51. The van der Waals surface area contributed by atoms with Crippen molar-refractivity contribution >= 4 is 5.91 Å². The SMILES string of the molecule is CN(Cc1cnn(C)c1)C(=O)Cc1coc(-c2ccccc2)n1. The Morgan fingerprint density at radius 1 is 1.30 bits per heavy atom. The number of carbonyl (C=O) groups excluding carboxylic acids is 1. The molecule has 3 rings (SSSR count). The van der Waals surface area contributed by atoms with Gasteiger partial charge in [0.2, 0.25) is 11.8 Å². The summed E-state index contributed by atoms with van der Waals surface area (Å²) in [6, 6.07) is 9.63. The van der Waals surface area contributed by atoms with Crippen molar-refractivity contribution in [2.24, 2.45) is 7.05 Å². The van der Waals surface area contributed by atoms with Gasteiger partial charge in [-0.3, -0.25) is 9.48 Å². The highest BCUT2D eigenvalue weighted by Gasteiger charge is 2.14. The van der Waals surface area contributed by atoms with E-state index >= 15 is 0 Å². The van der Waals surface area contributed by atoms with Crippen molar-refractivity contribution in [2.45, 2.75) is 13.0 Å². The van der Waals surface area contributed by atoms with E-state index in [1.807, 2.05) is 43.6 Å². The first-order valence-corrected chi connectivity index (χ1v) is 7.33. The number of aromatic nitrogens is 3. The molecule has 0 aliphatic rings. The zero-order valence-corrected chi connectivity index (χ0v) is 13.1. The average Bonchev–Trinajstić information content (AvgIpc) is 3.17. The van der Waals surface area contributed by atoms with E-state index in [2.05, 4.69) is 10.1 Å². The Hall–Kier alpha value is -2.89. The van der Waals surface area contributed by atoms with Crippen LogP contribution in [0.25, 0.3) is 11.5 Å². The van der Waals surface area contributed by atoms with E-state index in [1.165, 1.54) is 6.26 Å². The van der Waals surface area contributed by atoms with Gasteiger partial charge in [-0.25, -0.2) is 4.98 Å². The number of hydrogen-bond donors (Lipinski definition) is 0. The first kappa shape index (κ1) is 15.0. The van der Waals surface area contributed by atoms with Gasteiger partial charge in [-0.15, -0.1) is 0 Å². The van der Waals surface area contributed by atoms with Gasteiger partial charge in [0.1, 0.15) is 6.26 Å². The number of carbonyl (C=O) groups is 1. The molecule has 0 saturated heterocycles. The molecule has 23 heavy (non-hydrogen) atoms. The molecule has 1 aromatic carbocycles. The van der Waals surface area contributed by atoms with Gasteiger partial charge in [0, 0.05) is 38.0 Å². The predicted octanol–water partition coefficient (Wildman–Crippen LogP) is 2.28. The molecule has 0 fully saturated rings. The number of aryl methyl sites for hydroxylation is 1. The molecule has 6 heteroatoms. The second-order valence-electron chi connectivity index (χ2n) is 5.46. The molecule has 0 N–H and O–H groups in total. The van der Waals surface area contributed by atoms with E-state index in [0.717, 1.165) is 11.1 Å². The normalized spacial score (nSPS) is 10.7. The molecule has 0 aliphatic carbocycles. The van der Waals surface area contributed by atoms with E-state index in [4.69, 9.17) is 4.42 Å². The summed E-state index contributed by atoms with van der Waals surface area (Å²) in [5, 5.41) is 4.10. The summed E-state index contributed by atoms with van der Waals surface area (Å²) in [7, 11) is 3.62. The summed E-state index contributed by atoms with van der Waals surface area (Å²) in [5.41, 5.74) is 2.52. The summed E-state index contributed by atoms with van der Waals surface area (Å²) in [6.07, 6.45) is 5.41. The molecule has 0 aliphatic heterocycles. The van der Waals surface area contributed by atoms with Gasteiger partial charge in [0.05, 0.1) is 18.3 Å². The first-order valence-electron chi connectivity index (χ1n) is 7.33. The van der Waals surface area contributed by atoms with Crippen molar-refractivity contribution in [3.63, 3.8) is 0 Å². The summed E-state index contributed by atoms with van der Waals surface area (Å²) in [5.74, 6) is 0.519. The molecule has 0 bridgehead atoms. The topological polar surface area (TPSA) is 64.2 Å². The third-order valence-electron chi connectivity index (χ3n) is 3.51. The lowest BCUT2D eigenvalue weighted by Gasteiger charge is -2.15. The number of likely N-dealkylation sites (N-methyl/N-ethyl adjacent to an activating group) is 1. The Morgan fingerprint density at radius 3 is 2.78 bits per heavy atom. The van der Waals surface area contributed by atoms with Gasteiger partial charge in [-0.05, 0) is 12.1 Å². The van der Waals surface area contributed by atoms with Crippen LogP contribution in [0.4, 0.5) is 0 Å². The lowest BCUT2D eigenvalue weighted by Crippen LogP contribution is -2.27. The monoisotopic (exact) mass is 310 g/mol. The molecule has 1 amide bonds. The Bertz CT molecular complexity index is 792. The molecule has 0 atom stereocenters. The van der Waals surface area contributed by atoms with E-state index in [9.17, 15) is 4.79 Å². The molecular weight excluding hydrogens is 292 g/mol. The second-order valence-corrected chi connectivity index (χ2v) is 5.46. The minimum absolute atomic E-state index is 0.0123. The largest absolute Gasteiger partial charge is 0.444 e. The number of oxazole rings is 1. The van der Waals surface area contributed by atoms with Crippen LogP contribution in [0.2, 0.25) is 0 Å². The maximum Gasteiger partial charge on any atom is 0.228 e. The highest BCUT2D eigenvalue weighted by Crippen LogP contribution is 2.18. The fraction of sp³-hybridized carbons (Fsp3) is 0.235. The van der Waals surface area contributed by atoms with Crippen molar-refractivity contribution < 1.29 is 9.21 Å². The van der Waals surface area contributed by atoms with Gasteiger partial charge in [0.15, 0.2) is 0 Å². The molecule has 0 saturated carbocycles. The molecule has 2 heterocycles. The Kier molecular flexibility index (Phi) is 4.23. The lowest BCUT2D eigenvalue weighted by atomic mass is 10.2. The zero-order valence-electron chi connectivity index (χ0n) is 13.1. The highest BCUT2D eigenvalue weighted by molar-refractivity contribution is 5.78. The molecular formula is C17H18N4O2. The van der Waals surface area contributed by atoms with Crippen LogP contribution in [-0.4, -0.2) is 32.6 Å². The molecule has 2 aromatic heterocycles. The van der Waals surface area contributed by atoms with Crippen LogP contribution >= 0.6 is 0 Å². The number of amides is 1. The zero-order chi connectivity index (χ0) is 16.2. The molecule has 118 valence electrons. The van der Waals surface area contributed by atoms with Crippen LogP contribution in [0.3, 0.4) is 0 Å². The number of benzene rings is 1. The smallest absolute Gasteiger partial charge is 0.228 e. The van der Waals surface area contributed by atoms with Crippen molar-refractivity contribution in [2.75, 3.05) is 7.05 Å². The predicted molar refractivity (Wildman–Crippen MR) is 85.3 cm³/mol. The summed E-state index contributed by atoms with van der Waals surface area (Å²) in [4.78, 5) is 18.3. The second kappa shape index (κ2) is 6.48. The maximum atomic E-state index is 12.3. The summed E-state index contributed by atoms with van der Waals surface area (Å²) < 4.78 is 7.18. The standard InChI is InChI=1S/C17H18N4O2/c1-20(10-13-9-18-21(2)11-13)16(22)8-15-12-23-17(19-15)14-6-4-3-5-7-14/h3-7,9,11-12H,8,10H2,1-2H3.